The Morgan fingerprint density at radius 1 is 1.28 bits per heavy atom. The van der Waals surface area contributed by atoms with Crippen LogP contribution in [0.15, 0.2) is 29.8 Å². The highest BCUT2D eigenvalue weighted by molar-refractivity contribution is 6.17. The van der Waals surface area contributed by atoms with Gasteiger partial charge in [-0.15, -0.1) is 0 Å². The molecule has 0 atom stereocenters. The average molecular weight is 245 g/mol. The van der Waals surface area contributed by atoms with Crippen molar-refractivity contribution >= 4 is 17.4 Å². The van der Waals surface area contributed by atoms with Crippen LogP contribution in [0.5, 0.6) is 5.75 Å². The van der Waals surface area contributed by atoms with Crippen molar-refractivity contribution in [2.45, 2.75) is 20.3 Å². The Morgan fingerprint density at radius 3 is 2.44 bits per heavy atom. The summed E-state index contributed by atoms with van der Waals surface area (Å²) < 4.78 is 5.35. The number of ether oxygens (including phenoxy) is 1. The van der Waals surface area contributed by atoms with Gasteiger partial charge < -0.3 is 4.74 Å². The molecule has 18 heavy (non-hydrogen) atoms. The number of amides is 2. The van der Waals surface area contributed by atoms with Crippen molar-refractivity contribution in [2.24, 2.45) is 0 Å². The normalized spacial score (nSPS) is 17.7. The molecule has 0 saturated carbocycles. The van der Waals surface area contributed by atoms with Crippen molar-refractivity contribution < 1.29 is 14.3 Å². The van der Waals surface area contributed by atoms with Gasteiger partial charge in [-0.3, -0.25) is 14.9 Å². The van der Waals surface area contributed by atoms with E-state index in [0.717, 1.165) is 16.9 Å². The monoisotopic (exact) mass is 245 g/mol. The summed E-state index contributed by atoms with van der Waals surface area (Å²) >= 11 is 0. The maximum absolute atomic E-state index is 11.6. The number of carbonyl (C=O) groups is 2. The molecule has 2 rings (SSSR count). The quantitative estimate of drug-likeness (QED) is 0.653. The van der Waals surface area contributed by atoms with Gasteiger partial charge in [-0.2, -0.15) is 0 Å². The SMILES string of the molecule is CCOc1ccc(C(C)=C2CC(=O)NC2=O)cc1. The Balaban J connectivity index is 2.28. The molecule has 1 heterocycles. The van der Waals surface area contributed by atoms with Crippen LogP contribution in [0, 0.1) is 0 Å². The third-order valence-electron chi connectivity index (χ3n) is 2.92. The fraction of sp³-hybridized carbons (Fsp3) is 0.286. The van der Waals surface area contributed by atoms with Gasteiger partial charge in [-0.25, -0.2) is 0 Å². The zero-order valence-electron chi connectivity index (χ0n) is 10.4. The largest absolute Gasteiger partial charge is 0.494 e. The van der Waals surface area contributed by atoms with Gasteiger partial charge in [-0.1, -0.05) is 12.1 Å². The number of rotatable bonds is 3. The molecule has 1 aliphatic rings. The molecule has 1 saturated heterocycles. The van der Waals surface area contributed by atoms with E-state index in [4.69, 9.17) is 4.74 Å². The lowest BCUT2D eigenvalue weighted by molar-refractivity contribution is -0.124. The topological polar surface area (TPSA) is 55.4 Å². The minimum atomic E-state index is -0.286. The Morgan fingerprint density at radius 2 is 1.94 bits per heavy atom. The fourth-order valence-corrected chi connectivity index (χ4v) is 1.93. The summed E-state index contributed by atoms with van der Waals surface area (Å²) in [6.07, 6.45) is 0.165. The van der Waals surface area contributed by atoms with Crippen molar-refractivity contribution in [3.63, 3.8) is 0 Å². The fourth-order valence-electron chi connectivity index (χ4n) is 1.93. The van der Waals surface area contributed by atoms with E-state index >= 15 is 0 Å². The molecule has 2 amide bonds. The predicted octanol–water partition coefficient (Wildman–Crippen LogP) is 1.91. The van der Waals surface area contributed by atoms with Gasteiger partial charge >= 0.3 is 0 Å². The molecular weight excluding hydrogens is 230 g/mol. The van der Waals surface area contributed by atoms with E-state index < -0.39 is 0 Å². The van der Waals surface area contributed by atoms with Crippen molar-refractivity contribution in [1.29, 1.82) is 0 Å². The summed E-state index contributed by atoms with van der Waals surface area (Å²) in [4.78, 5) is 22.7. The average Bonchev–Trinajstić information content (AvgIpc) is 2.69. The van der Waals surface area contributed by atoms with Crippen molar-refractivity contribution in [3.8, 4) is 5.75 Å². The number of benzene rings is 1. The smallest absolute Gasteiger partial charge is 0.254 e. The van der Waals surface area contributed by atoms with Crippen LogP contribution < -0.4 is 10.1 Å². The molecule has 0 spiro atoms. The van der Waals surface area contributed by atoms with E-state index in [9.17, 15) is 9.59 Å². The predicted molar refractivity (Wildman–Crippen MR) is 68.0 cm³/mol. The minimum absolute atomic E-state index is 0.165. The van der Waals surface area contributed by atoms with Crippen LogP contribution in [-0.2, 0) is 9.59 Å². The molecule has 0 aromatic heterocycles. The molecule has 1 aromatic carbocycles. The summed E-state index contributed by atoms with van der Waals surface area (Å²) in [6.45, 7) is 4.40. The molecule has 4 nitrogen and oxygen atoms in total. The lowest BCUT2D eigenvalue weighted by Crippen LogP contribution is -2.19. The number of hydrogen-bond donors (Lipinski definition) is 1. The number of imide groups is 1. The number of nitrogens with one attached hydrogen (secondary N) is 1. The van der Waals surface area contributed by atoms with Crippen LogP contribution in [0.3, 0.4) is 0 Å². The summed E-state index contributed by atoms with van der Waals surface area (Å²) in [5, 5.41) is 2.29. The first-order valence-electron chi connectivity index (χ1n) is 5.89. The molecule has 1 fully saturated rings. The second-order valence-electron chi connectivity index (χ2n) is 4.12. The van der Waals surface area contributed by atoms with Crippen molar-refractivity contribution in [1.82, 2.24) is 5.32 Å². The van der Waals surface area contributed by atoms with Crippen LogP contribution in [0.1, 0.15) is 25.8 Å². The lowest BCUT2D eigenvalue weighted by Gasteiger charge is -2.07. The first kappa shape index (κ1) is 12.4. The standard InChI is InChI=1S/C14H15NO3/c1-3-18-11-6-4-10(5-7-11)9(2)12-8-13(16)15-14(12)17/h4-7H,3,8H2,1-2H3,(H,15,16,17). The first-order valence-corrected chi connectivity index (χ1v) is 5.89. The molecule has 0 unspecified atom stereocenters. The molecular formula is C14H15NO3. The molecule has 0 bridgehead atoms. The van der Waals surface area contributed by atoms with E-state index in [0.29, 0.717) is 12.2 Å². The van der Waals surface area contributed by atoms with Gasteiger partial charge in [0, 0.05) is 5.57 Å². The van der Waals surface area contributed by atoms with Gasteiger partial charge in [-0.05, 0) is 37.1 Å². The van der Waals surface area contributed by atoms with E-state index in [1.54, 1.807) is 0 Å². The van der Waals surface area contributed by atoms with Crippen LogP contribution in [0.4, 0.5) is 0 Å². The van der Waals surface area contributed by atoms with Crippen LogP contribution >= 0.6 is 0 Å². The van der Waals surface area contributed by atoms with E-state index in [2.05, 4.69) is 5.32 Å². The van der Waals surface area contributed by atoms with E-state index in [1.165, 1.54) is 0 Å². The Labute approximate surface area is 106 Å². The lowest BCUT2D eigenvalue weighted by atomic mass is 10.0. The van der Waals surface area contributed by atoms with E-state index in [-0.39, 0.29) is 18.2 Å². The Bertz CT molecular complexity index is 514. The molecule has 94 valence electrons. The second kappa shape index (κ2) is 5.04. The van der Waals surface area contributed by atoms with Gasteiger partial charge in [0.15, 0.2) is 0 Å². The van der Waals surface area contributed by atoms with Crippen LogP contribution in [0.2, 0.25) is 0 Å². The first-order chi connectivity index (χ1) is 8.61. The highest BCUT2D eigenvalue weighted by Gasteiger charge is 2.26. The third-order valence-corrected chi connectivity index (χ3v) is 2.92. The summed E-state index contributed by atoms with van der Waals surface area (Å²) in [6, 6.07) is 7.50. The van der Waals surface area contributed by atoms with Crippen molar-refractivity contribution in [2.75, 3.05) is 6.61 Å². The van der Waals surface area contributed by atoms with Gasteiger partial charge in [0.25, 0.3) is 5.91 Å². The summed E-state index contributed by atoms with van der Waals surface area (Å²) in [7, 11) is 0. The third kappa shape index (κ3) is 2.42. The highest BCUT2D eigenvalue weighted by Crippen LogP contribution is 2.25. The van der Waals surface area contributed by atoms with Crippen LogP contribution in [0.25, 0.3) is 5.57 Å². The molecule has 1 aliphatic heterocycles. The van der Waals surface area contributed by atoms with E-state index in [1.807, 2.05) is 38.1 Å². The Kier molecular flexibility index (Phi) is 3.46. The zero-order chi connectivity index (χ0) is 13.1. The van der Waals surface area contributed by atoms with Gasteiger partial charge in [0.05, 0.1) is 13.0 Å². The summed E-state index contributed by atoms with van der Waals surface area (Å²) in [5.41, 5.74) is 2.31. The number of hydrogen-bond acceptors (Lipinski definition) is 3. The molecule has 0 radical (unpaired) electrons. The van der Waals surface area contributed by atoms with Gasteiger partial charge in [0.1, 0.15) is 5.75 Å². The summed E-state index contributed by atoms with van der Waals surface area (Å²) in [5.74, 6) is 0.276. The van der Waals surface area contributed by atoms with Gasteiger partial charge in [0.2, 0.25) is 5.91 Å². The maximum Gasteiger partial charge on any atom is 0.254 e. The highest BCUT2D eigenvalue weighted by atomic mass is 16.5. The Hall–Kier alpha value is -2.10. The minimum Gasteiger partial charge on any atom is -0.494 e. The molecule has 1 aromatic rings. The number of carbonyl (C=O) groups excluding carboxylic acids is 2. The van der Waals surface area contributed by atoms with Crippen molar-refractivity contribution in [3.05, 3.63) is 35.4 Å². The number of allylic oxidation sites excluding steroid dienone is 1. The molecule has 1 N–H and O–H groups in total. The molecule has 0 aliphatic carbocycles. The van der Waals surface area contributed by atoms with Crippen LogP contribution in [-0.4, -0.2) is 18.4 Å². The second-order valence-corrected chi connectivity index (χ2v) is 4.12. The zero-order valence-corrected chi connectivity index (χ0v) is 10.4. The maximum atomic E-state index is 11.6. The molecule has 4 heteroatoms.